The maximum absolute atomic E-state index is 11.6. The molecule has 0 saturated carbocycles. The Hall–Kier alpha value is -1.12. The summed E-state index contributed by atoms with van der Waals surface area (Å²) >= 11 is 0. The van der Waals surface area contributed by atoms with E-state index in [1.165, 1.54) is 0 Å². The summed E-state index contributed by atoms with van der Waals surface area (Å²) in [5, 5.41) is 0. The zero-order valence-corrected chi connectivity index (χ0v) is 8.55. The van der Waals surface area contributed by atoms with Crippen molar-refractivity contribution >= 4 is 11.7 Å². The lowest BCUT2D eigenvalue weighted by atomic mass is 10.1. The van der Waals surface area contributed by atoms with Crippen LogP contribution >= 0.6 is 0 Å². The lowest BCUT2D eigenvalue weighted by molar-refractivity contribution is -0.129. The second-order valence-electron chi connectivity index (χ2n) is 4.19. The highest BCUT2D eigenvalue weighted by Crippen LogP contribution is 2.22. The predicted molar refractivity (Wildman–Crippen MR) is 50.2 cm³/mol. The zero-order chi connectivity index (χ0) is 10.2. The number of nitrogens with zero attached hydrogens (tertiary/aromatic N) is 1. The van der Waals surface area contributed by atoms with Crippen LogP contribution in [0, 0.1) is 0 Å². The Morgan fingerprint density at radius 3 is 2.08 bits per heavy atom. The largest absolute Gasteiger partial charge is 0.326 e. The molecule has 1 amide bonds. The van der Waals surface area contributed by atoms with Gasteiger partial charge in [0.15, 0.2) is 5.78 Å². The van der Waals surface area contributed by atoms with Crippen LogP contribution in [0.15, 0.2) is 11.6 Å². The molecule has 0 aromatic carbocycles. The maximum atomic E-state index is 11.6. The monoisotopic (exact) mass is 181 g/mol. The average molecular weight is 181 g/mol. The maximum Gasteiger partial charge on any atom is 0.258 e. The molecule has 0 aromatic heterocycles. The van der Waals surface area contributed by atoms with Crippen LogP contribution < -0.4 is 0 Å². The summed E-state index contributed by atoms with van der Waals surface area (Å²) in [5.74, 6) is -0.206. The first-order chi connectivity index (χ1) is 5.88. The first-order valence-corrected chi connectivity index (χ1v) is 4.39. The van der Waals surface area contributed by atoms with Gasteiger partial charge in [0.2, 0.25) is 0 Å². The van der Waals surface area contributed by atoms with Gasteiger partial charge in [-0.05, 0) is 27.7 Å². The number of Topliss-reactive ketones (excluding diaryl/α,β-unsaturated/α-hetero) is 1. The lowest BCUT2D eigenvalue weighted by Crippen LogP contribution is -2.42. The van der Waals surface area contributed by atoms with Gasteiger partial charge < -0.3 is 4.90 Å². The summed E-state index contributed by atoms with van der Waals surface area (Å²) in [5.41, 5.74) is 0.0623. The van der Waals surface area contributed by atoms with E-state index >= 15 is 0 Å². The van der Waals surface area contributed by atoms with Crippen molar-refractivity contribution in [1.82, 2.24) is 4.90 Å². The number of likely N-dealkylation sites (tertiary alicyclic amines) is 1. The van der Waals surface area contributed by atoms with Gasteiger partial charge in [0.05, 0.1) is 12.1 Å². The molecule has 1 saturated heterocycles. The molecule has 0 N–H and O–H groups in total. The third-order valence-corrected chi connectivity index (χ3v) is 2.18. The van der Waals surface area contributed by atoms with E-state index in [2.05, 4.69) is 0 Å². The fraction of sp³-hybridized carbons (Fsp3) is 0.600. The van der Waals surface area contributed by atoms with Crippen LogP contribution in [0.25, 0.3) is 0 Å². The molecule has 0 aliphatic carbocycles. The average Bonchev–Trinajstić information content (AvgIpc) is 2.25. The summed E-state index contributed by atoms with van der Waals surface area (Å²) in [6, 6.07) is 0. The minimum absolute atomic E-state index is 0.0672. The molecule has 0 radical (unpaired) electrons. The van der Waals surface area contributed by atoms with Gasteiger partial charge in [-0.1, -0.05) is 6.08 Å². The molecule has 3 nitrogen and oxygen atoms in total. The van der Waals surface area contributed by atoms with Gasteiger partial charge in [-0.2, -0.15) is 0 Å². The third kappa shape index (κ3) is 1.64. The van der Waals surface area contributed by atoms with E-state index in [0.29, 0.717) is 5.57 Å². The van der Waals surface area contributed by atoms with E-state index < -0.39 is 0 Å². The van der Waals surface area contributed by atoms with E-state index in [4.69, 9.17) is 0 Å². The molecule has 0 unspecified atom stereocenters. The summed E-state index contributed by atoms with van der Waals surface area (Å²) < 4.78 is 0. The minimum atomic E-state index is -0.266. The van der Waals surface area contributed by atoms with Crippen molar-refractivity contribution in [2.24, 2.45) is 0 Å². The molecule has 72 valence electrons. The Morgan fingerprint density at radius 1 is 1.31 bits per heavy atom. The van der Waals surface area contributed by atoms with Crippen molar-refractivity contribution in [1.29, 1.82) is 0 Å². The summed E-state index contributed by atoms with van der Waals surface area (Å²) in [6.07, 6.45) is 1.59. The standard InChI is InChI=1S/C10H15NO2/c1-5-7-8(12)6-11(9(7)13)10(2,3)4/h5H,6H2,1-4H3/b7-5-. The number of rotatable bonds is 0. The predicted octanol–water partition coefficient (Wildman–Crippen LogP) is 1.14. The van der Waals surface area contributed by atoms with Crippen molar-refractivity contribution in [2.75, 3.05) is 6.54 Å². The third-order valence-electron chi connectivity index (χ3n) is 2.18. The van der Waals surface area contributed by atoms with Gasteiger partial charge in [0, 0.05) is 5.54 Å². The first kappa shape index (κ1) is 9.96. The molecule has 3 heteroatoms. The van der Waals surface area contributed by atoms with Gasteiger partial charge in [-0.15, -0.1) is 0 Å². The van der Waals surface area contributed by atoms with Gasteiger partial charge in [0.25, 0.3) is 5.91 Å². The molecular weight excluding hydrogens is 166 g/mol. The second kappa shape index (κ2) is 2.98. The fourth-order valence-corrected chi connectivity index (χ4v) is 1.39. The van der Waals surface area contributed by atoms with E-state index in [-0.39, 0.29) is 23.8 Å². The second-order valence-corrected chi connectivity index (χ2v) is 4.19. The van der Waals surface area contributed by atoms with E-state index in [9.17, 15) is 9.59 Å². The highest BCUT2D eigenvalue weighted by atomic mass is 16.2. The molecule has 0 bridgehead atoms. The van der Waals surface area contributed by atoms with Crippen molar-refractivity contribution in [2.45, 2.75) is 33.2 Å². The van der Waals surface area contributed by atoms with Crippen molar-refractivity contribution in [3.8, 4) is 0 Å². The van der Waals surface area contributed by atoms with Crippen LogP contribution in [-0.4, -0.2) is 28.7 Å². The Balaban J connectivity index is 2.99. The SMILES string of the molecule is C/C=C1/C(=O)CN(C(C)(C)C)C1=O. The van der Waals surface area contributed by atoms with Crippen LogP contribution in [0.5, 0.6) is 0 Å². The summed E-state index contributed by atoms with van der Waals surface area (Å²) in [4.78, 5) is 24.6. The fourth-order valence-electron chi connectivity index (χ4n) is 1.39. The molecule has 1 aliphatic rings. The summed E-state index contributed by atoms with van der Waals surface area (Å²) in [7, 11) is 0. The quantitative estimate of drug-likeness (QED) is 0.415. The molecule has 0 spiro atoms. The molecule has 0 atom stereocenters. The van der Waals surface area contributed by atoms with Crippen LogP contribution in [0.4, 0.5) is 0 Å². The van der Waals surface area contributed by atoms with Gasteiger partial charge in [-0.3, -0.25) is 9.59 Å². The zero-order valence-electron chi connectivity index (χ0n) is 8.55. The molecule has 1 aliphatic heterocycles. The smallest absolute Gasteiger partial charge is 0.258 e. The van der Waals surface area contributed by atoms with Crippen molar-refractivity contribution in [3.63, 3.8) is 0 Å². The topological polar surface area (TPSA) is 37.4 Å². The minimum Gasteiger partial charge on any atom is -0.326 e. The number of hydrogen-bond acceptors (Lipinski definition) is 2. The molecule has 0 aromatic rings. The number of hydrogen-bond donors (Lipinski definition) is 0. The van der Waals surface area contributed by atoms with Crippen LogP contribution in [-0.2, 0) is 9.59 Å². The van der Waals surface area contributed by atoms with Crippen LogP contribution in [0.1, 0.15) is 27.7 Å². The molecule has 1 rings (SSSR count). The van der Waals surface area contributed by atoms with E-state index in [1.807, 2.05) is 20.8 Å². The molecular formula is C10H15NO2. The van der Waals surface area contributed by atoms with Crippen LogP contribution in [0.2, 0.25) is 0 Å². The number of ketones is 1. The number of amides is 1. The molecule has 1 heterocycles. The highest BCUT2D eigenvalue weighted by molar-refractivity contribution is 6.25. The van der Waals surface area contributed by atoms with Crippen LogP contribution in [0.3, 0.4) is 0 Å². The van der Waals surface area contributed by atoms with E-state index in [0.717, 1.165) is 0 Å². The molecule has 1 fully saturated rings. The Morgan fingerprint density at radius 2 is 1.85 bits per heavy atom. The van der Waals surface area contributed by atoms with Crippen molar-refractivity contribution in [3.05, 3.63) is 11.6 Å². The number of carbonyl (C=O) groups is 2. The molecule has 13 heavy (non-hydrogen) atoms. The van der Waals surface area contributed by atoms with E-state index in [1.54, 1.807) is 17.9 Å². The Labute approximate surface area is 78.4 Å². The summed E-state index contributed by atoms with van der Waals surface area (Å²) in [6.45, 7) is 7.73. The van der Waals surface area contributed by atoms with Gasteiger partial charge in [0.1, 0.15) is 0 Å². The van der Waals surface area contributed by atoms with Crippen molar-refractivity contribution < 1.29 is 9.59 Å². The van der Waals surface area contributed by atoms with Gasteiger partial charge >= 0.3 is 0 Å². The number of allylic oxidation sites excluding steroid dienone is 1. The first-order valence-electron chi connectivity index (χ1n) is 4.39. The Bertz CT molecular complexity index is 284. The number of carbonyl (C=O) groups excluding carboxylic acids is 2. The van der Waals surface area contributed by atoms with Gasteiger partial charge in [-0.25, -0.2) is 0 Å². The normalized spacial score (nSPS) is 21.8. The Kier molecular flexibility index (Phi) is 2.28. The highest BCUT2D eigenvalue weighted by Gasteiger charge is 2.38. The lowest BCUT2D eigenvalue weighted by Gasteiger charge is -2.30.